The van der Waals surface area contributed by atoms with Gasteiger partial charge in [-0.1, -0.05) is 12.1 Å². The SMILES string of the molecule is CC1SCCSC1c1noc(CC(=O)O)n1. The number of carboxylic acids is 1. The highest BCUT2D eigenvalue weighted by atomic mass is 32.2. The summed E-state index contributed by atoms with van der Waals surface area (Å²) < 4.78 is 4.91. The van der Waals surface area contributed by atoms with Crippen LogP contribution in [0.5, 0.6) is 0 Å². The Bertz CT molecular complexity index is 383. The lowest BCUT2D eigenvalue weighted by molar-refractivity contribution is -0.136. The van der Waals surface area contributed by atoms with Crippen LogP contribution in [0.15, 0.2) is 4.52 Å². The van der Waals surface area contributed by atoms with Crippen LogP contribution in [0.3, 0.4) is 0 Å². The lowest BCUT2D eigenvalue weighted by atomic mass is 10.3. The molecule has 1 aliphatic rings. The molecule has 1 aliphatic heterocycles. The second-order valence-electron chi connectivity index (χ2n) is 3.48. The van der Waals surface area contributed by atoms with E-state index in [0.29, 0.717) is 11.1 Å². The van der Waals surface area contributed by atoms with Gasteiger partial charge >= 0.3 is 5.97 Å². The Morgan fingerprint density at radius 3 is 3.00 bits per heavy atom. The maximum atomic E-state index is 10.5. The first-order valence-corrected chi connectivity index (χ1v) is 7.04. The molecule has 88 valence electrons. The Balaban J connectivity index is 2.08. The van der Waals surface area contributed by atoms with Crippen molar-refractivity contribution in [2.24, 2.45) is 0 Å². The van der Waals surface area contributed by atoms with Crippen molar-refractivity contribution in [3.8, 4) is 0 Å². The second-order valence-corrected chi connectivity index (χ2v) is 6.22. The van der Waals surface area contributed by atoms with Gasteiger partial charge in [-0.15, -0.1) is 11.8 Å². The van der Waals surface area contributed by atoms with Gasteiger partial charge in [0, 0.05) is 16.8 Å². The molecule has 0 aromatic carbocycles. The van der Waals surface area contributed by atoms with Crippen LogP contribution < -0.4 is 0 Å². The van der Waals surface area contributed by atoms with E-state index in [9.17, 15) is 4.79 Å². The first-order valence-electron chi connectivity index (χ1n) is 4.94. The quantitative estimate of drug-likeness (QED) is 0.884. The lowest BCUT2D eigenvalue weighted by Crippen LogP contribution is -2.17. The molecule has 0 spiro atoms. The normalized spacial score (nSPS) is 25.6. The van der Waals surface area contributed by atoms with E-state index in [-0.39, 0.29) is 17.6 Å². The average Bonchev–Trinajstić information content (AvgIpc) is 2.66. The van der Waals surface area contributed by atoms with E-state index in [1.165, 1.54) is 0 Å². The molecule has 16 heavy (non-hydrogen) atoms. The Morgan fingerprint density at radius 1 is 1.56 bits per heavy atom. The molecule has 2 atom stereocenters. The number of aliphatic carboxylic acids is 1. The van der Waals surface area contributed by atoms with Crippen LogP contribution in [-0.2, 0) is 11.2 Å². The third kappa shape index (κ3) is 2.70. The highest BCUT2D eigenvalue weighted by Crippen LogP contribution is 2.40. The van der Waals surface area contributed by atoms with Crippen molar-refractivity contribution in [1.29, 1.82) is 0 Å². The summed E-state index contributed by atoms with van der Waals surface area (Å²) in [5, 5.41) is 13.1. The average molecular weight is 260 g/mol. The van der Waals surface area contributed by atoms with Gasteiger partial charge in [0.2, 0.25) is 5.89 Å². The maximum absolute atomic E-state index is 10.5. The van der Waals surface area contributed by atoms with E-state index < -0.39 is 5.97 Å². The molecule has 1 saturated heterocycles. The molecule has 1 N–H and O–H groups in total. The van der Waals surface area contributed by atoms with Crippen molar-refractivity contribution in [2.45, 2.75) is 23.8 Å². The molecule has 1 fully saturated rings. The fourth-order valence-corrected chi connectivity index (χ4v) is 4.18. The highest BCUT2D eigenvalue weighted by molar-refractivity contribution is 8.06. The van der Waals surface area contributed by atoms with Crippen molar-refractivity contribution in [3.63, 3.8) is 0 Å². The van der Waals surface area contributed by atoms with Gasteiger partial charge in [0.05, 0.1) is 5.25 Å². The summed E-state index contributed by atoms with van der Waals surface area (Å²) in [5.74, 6) is 2.07. The summed E-state index contributed by atoms with van der Waals surface area (Å²) in [7, 11) is 0. The molecule has 2 unspecified atom stereocenters. The van der Waals surface area contributed by atoms with Crippen LogP contribution in [0, 0.1) is 0 Å². The molecule has 0 amide bonds. The number of thioether (sulfide) groups is 2. The topological polar surface area (TPSA) is 76.2 Å². The number of carboxylic acid groups (broad SMARTS) is 1. The number of carbonyl (C=O) groups is 1. The summed E-state index contributed by atoms with van der Waals surface area (Å²) >= 11 is 3.69. The van der Waals surface area contributed by atoms with Gasteiger partial charge in [0.1, 0.15) is 6.42 Å². The van der Waals surface area contributed by atoms with Gasteiger partial charge < -0.3 is 9.63 Å². The van der Waals surface area contributed by atoms with Crippen molar-refractivity contribution >= 4 is 29.5 Å². The molecule has 5 nitrogen and oxygen atoms in total. The van der Waals surface area contributed by atoms with Crippen LogP contribution in [0.4, 0.5) is 0 Å². The van der Waals surface area contributed by atoms with E-state index in [4.69, 9.17) is 9.63 Å². The van der Waals surface area contributed by atoms with E-state index in [0.717, 1.165) is 11.5 Å². The second kappa shape index (κ2) is 5.09. The van der Waals surface area contributed by atoms with Crippen molar-refractivity contribution in [2.75, 3.05) is 11.5 Å². The molecule has 7 heteroatoms. The standard InChI is InChI=1S/C9H12N2O3S2/c1-5-8(16-3-2-15-5)9-10-6(14-11-9)4-7(12)13/h5,8H,2-4H2,1H3,(H,12,13). The van der Waals surface area contributed by atoms with E-state index in [1.54, 1.807) is 11.8 Å². The van der Waals surface area contributed by atoms with Crippen LogP contribution in [0.2, 0.25) is 0 Å². The van der Waals surface area contributed by atoms with E-state index in [1.807, 2.05) is 11.8 Å². The Hall–Kier alpha value is -0.690. The Labute approximate surface area is 101 Å². The number of nitrogens with zero attached hydrogens (tertiary/aromatic N) is 2. The van der Waals surface area contributed by atoms with Crippen molar-refractivity contribution in [1.82, 2.24) is 10.1 Å². The zero-order valence-corrected chi connectivity index (χ0v) is 10.4. The van der Waals surface area contributed by atoms with Crippen LogP contribution in [0.1, 0.15) is 23.9 Å². The third-order valence-corrected chi connectivity index (χ3v) is 5.32. The van der Waals surface area contributed by atoms with Crippen LogP contribution >= 0.6 is 23.5 Å². The van der Waals surface area contributed by atoms with E-state index >= 15 is 0 Å². The van der Waals surface area contributed by atoms with Crippen molar-refractivity contribution in [3.05, 3.63) is 11.7 Å². The monoisotopic (exact) mass is 260 g/mol. The van der Waals surface area contributed by atoms with Crippen molar-refractivity contribution < 1.29 is 14.4 Å². The highest BCUT2D eigenvalue weighted by Gasteiger charge is 2.28. The zero-order chi connectivity index (χ0) is 11.5. The Kier molecular flexibility index (Phi) is 3.75. The fraction of sp³-hybridized carbons (Fsp3) is 0.667. The summed E-state index contributed by atoms with van der Waals surface area (Å²) in [5.41, 5.74) is 0. The van der Waals surface area contributed by atoms with Gasteiger partial charge in [-0.05, 0) is 0 Å². The molecular formula is C9H12N2O3S2. The molecule has 2 rings (SSSR count). The lowest BCUT2D eigenvalue weighted by Gasteiger charge is -2.24. The molecular weight excluding hydrogens is 248 g/mol. The van der Waals surface area contributed by atoms with E-state index in [2.05, 4.69) is 17.1 Å². The number of rotatable bonds is 3. The van der Waals surface area contributed by atoms with Gasteiger partial charge in [0.25, 0.3) is 0 Å². The maximum Gasteiger partial charge on any atom is 0.312 e. The number of hydrogen-bond acceptors (Lipinski definition) is 6. The fourth-order valence-electron chi connectivity index (χ4n) is 1.50. The van der Waals surface area contributed by atoms with Gasteiger partial charge in [0.15, 0.2) is 5.82 Å². The summed E-state index contributed by atoms with van der Waals surface area (Å²) in [4.78, 5) is 14.6. The minimum Gasteiger partial charge on any atom is -0.481 e. The molecule has 1 aromatic rings. The predicted molar refractivity (Wildman–Crippen MR) is 62.8 cm³/mol. The van der Waals surface area contributed by atoms with Crippen LogP contribution in [0.25, 0.3) is 0 Å². The minimum absolute atomic E-state index is 0.186. The third-order valence-electron chi connectivity index (χ3n) is 2.23. The van der Waals surface area contributed by atoms with Gasteiger partial charge in [-0.3, -0.25) is 4.79 Å². The minimum atomic E-state index is -0.950. The van der Waals surface area contributed by atoms with Gasteiger partial charge in [-0.25, -0.2) is 0 Å². The molecule has 2 heterocycles. The number of hydrogen-bond donors (Lipinski definition) is 1. The molecule has 1 aromatic heterocycles. The first-order chi connectivity index (χ1) is 7.66. The smallest absolute Gasteiger partial charge is 0.312 e. The summed E-state index contributed by atoms with van der Waals surface area (Å²) in [6.45, 7) is 2.13. The zero-order valence-electron chi connectivity index (χ0n) is 8.75. The van der Waals surface area contributed by atoms with Crippen LogP contribution in [-0.4, -0.2) is 38.0 Å². The molecule has 0 saturated carbocycles. The molecule has 0 aliphatic carbocycles. The number of aromatic nitrogens is 2. The summed E-state index contributed by atoms with van der Waals surface area (Å²) in [6, 6.07) is 0. The first kappa shape index (κ1) is 11.8. The predicted octanol–water partition coefficient (Wildman–Crippen LogP) is 1.61. The largest absolute Gasteiger partial charge is 0.481 e. The van der Waals surface area contributed by atoms with Gasteiger partial charge in [-0.2, -0.15) is 16.7 Å². The Morgan fingerprint density at radius 2 is 2.31 bits per heavy atom. The summed E-state index contributed by atoms with van der Waals surface area (Å²) in [6.07, 6.45) is -0.202. The molecule has 0 radical (unpaired) electrons. The molecule has 0 bridgehead atoms.